The number of nitrogens with two attached hydrogens (primary N) is 1. The zero-order valence-electron chi connectivity index (χ0n) is 12.5. The van der Waals surface area contributed by atoms with Gasteiger partial charge in [-0.25, -0.2) is 0 Å². The van der Waals surface area contributed by atoms with Crippen molar-refractivity contribution in [3.8, 4) is 5.75 Å². The van der Waals surface area contributed by atoms with Gasteiger partial charge in [-0.1, -0.05) is 38.5 Å². The molecule has 0 aliphatic carbocycles. The molecule has 2 N–H and O–H groups in total. The highest BCUT2D eigenvalue weighted by Crippen LogP contribution is 2.32. The van der Waals surface area contributed by atoms with Gasteiger partial charge in [0, 0.05) is 12.1 Å². The minimum atomic E-state index is -4.70. The highest BCUT2D eigenvalue weighted by Gasteiger charge is 2.33. The van der Waals surface area contributed by atoms with Crippen molar-refractivity contribution in [2.45, 2.75) is 39.1 Å². The quantitative estimate of drug-likeness (QED) is 0.795. The summed E-state index contributed by atoms with van der Waals surface area (Å²) in [6, 6.07) is 5.93. The molecule has 3 nitrogen and oxygen atoms in total. The molecule has 120 valence electrons. The summed E-state index contributed by atoms with van der Waals surface area (Å²) in [4.78, 5) is 2.09. The molecule has 0 amide bonds. The number of halogens is 3. The molecule has 1 aromatic rings. The molecular formula is C15H23F3N2O. The Balaban J connectivity index is 3.03. The number of unbranched alkanes of at least 4 members (excludes halogenated alkanes) is 1. The molecule has 0 aromatic heterocycles. The standard InChI is InChI=1S/C15H23F3N2O/c1-3-5-10-20(4-2)13(11-19)12-8-6-7-9-14(12)21-15(16,17)18/h6-9,13H,3-5,10-11,19H2,1-2H3. The summed E-state index contributed by atoms with van der Waals surface area (Å²) in [7, 11) is 0. The first kappa shape index (κ1) is 17.8. The number of para-hydroxylation sites is 1. The number of rotatable bonds is 8. The molecule has 0 saturated heterocycles. The molecule has 0 radical (unpaired) electrons. The van der Waals surface area contributed by atoms with Crippen molar-refractivity contribution in [3.63, 3.8) is 0 Å². The number of likely N-dealkylation sites (N-methyl/N-ethyl adjacent to an activating group) is 1. The third-order valence-electron chi connectivity index (χ3n) is 3.37. The van der Waals surface area contributed by atoms with E-state index in [1.807, 2.05) is 6.92 Å². The van der Waals surface area contributed by atoms with E-state index in [0.29, 0.717) is 5.56 Å². The van der Waals surface area contributed by atoms with E-state index in [1.54, 1.807) is 12.1 Å². The first-order valence-electron chi connectivity index (χ1n) is 7.21. The minimum Gasteiger partial charge on any atom is -0.405 e. The lowest BCUT2D eigenvalue weighted by atomic mass is 10.0. The third-order valence-corrected chi connectivity index (χ3v) is 3.37. The first-order chi connectivity index (χ1) is 9.92. The van der Waals surface area contributed by atoms with E-state index in [1.165, 1.54) is 12.1 Å². The van der Waals surface area contributed by atoms with Crippen LogP contribution in [0.15, 0.2) is 24.3 Å². The van der Waals surface area contributed by atoms with Crippen LogP contribution < -0.4 is 10.5 Å². The Bertz CT molecular complexity index is 424. The molecule has 0 spiro atoms. The van der Waals surface area contributed by atoms with Gasteiger partial charge >= 0.3 is 6.36 Å². The van der Waals surface area contributed by atoms with Crippen LogP contribution in [0, 0.1) is 0 Å². The minimum absolute atomic E-state index is 0.171. The summed E-state index contributed by atoms with van der Waals surface area (Å²) in [5.41, 5.74) is 6.29. The summed E-state index contributed by atoms with van der Waals surface area (Å²) in [6.45, 7) is 5.82. The summed E-state index contributed by atoms with van der Waals surface area (Å²) in [6.07, 6.45) is -2.70. The fraction of sp³-hybridized carbons (Fsp3) is 0.600. The van der Waals surface area contributed by atoms with Gasteiger partial charge in [0.25, 0.3) is 0 Å². The second kappa shape index (κ2) is 8.24. The average molecular weight is 304 g/mol. The SMILES string of the molecule is CCCCN(CC)C(CN)c1ccccc1OC(F)(F)F. The molecular weight excluding hydrogens is 281 g/mol. The van der Waals surface area contributed by atoms with E-state index in [-0.39, 0.29) is 18.3 Å². The van der Waals surface area contributed by atoms with Gasteiger partial charge in [0.05, 0.1) is 6.04 Å². The van der Waals surface area contributed by atoms with Crippen LogP contribution in [-0.4, -0.2) is 30.9 Å². The zero-order chi connectivity index (χ0) is 15.9. The Labute approximate surface area is 123 Å². The Morgan fingerprint density at radius 3 is 2.43 bits per heavy atom. The van der Waals surface area contributed by atoms with Gasteiger partial charge in [0.2, 0.25) is 0 Å². The van der Waals surface area contributed by atoms with Crippen LogP contribution in [0.4, 0.5) is 13.2 Å². The average Bonchev–Trinajstić information content (AvgIpc) is 2.43. The van der Waals surface area contributed by atoms with Crippen molar-refractivity contribution in [2.24, 2.45) is 5.73 Å². The lowest BCUT2D eigenvalue weighted by Crippen LogP contribution is -2.35. The molecule has 21 heavy (non-hydrogen) atoms. The molecule has 0 aliphatic rings. The molecule has 1 unspecified atom stereocenters. The molecule has 0 aliphatic heterocycles. The van der Waals surface area contributed by atoms with Crippen LogP contribution in [-0.2, 0) is 0 Å². The lowest BCUT2D eigenvalue weighted by Gasteiger charge is -2.31. The molecule has 6 heteroatoms. The normalized spacial score (nSPS) is 13.5. The van der Waals surface area contributed by atoms with Gasteiger partial charge in [0.1, 0.15) is 5.75 Å². The maximum absolute atomic E-state index is 12.5. The molecule has 1 rings (SSSR count). The number of benzene rings is 1. The monoisotopic (exact) mass is 304 g/mol. The molecule has 1 aromatic carbocycles. The first-order valence-corrected chi connectivity index (χ1v) is 7.21. The van der Waals surface area contributed by atoms with Gasteiger partial charge in [-0.3, -0.25) is 4.90 Å². The maximum Gasteiger partial charge on any atom is 0.573 e. The van der Waals surface area contributed by atoms with Gasteiger partial charge in [-0.05, 0) is 25.6 Å². The van der Waals surface area contributed by atoms with E-state index in [4.69, 9.17) is 5.73 Å². The number of alkyl halides is 3. The number of nitrogens with zero attached hydrogens (tertiary/aromatic N) is 1. The van der Waals surface area contributed by atoms with Crippen LogP contribution in [0.5, 0.6) is 5.75 Å². The number of hydrogen-bond donors (Lipinski definition) is 1. The van der Waals surface area contributed by atoms with E-state index in [9.17, 15) is 13.2 Å². The van der Waals surface area contributed by atoms with Crippen LogP contribution in [0.2, 0.25) is 0 Å². The topological polar surface area (TPSA) is 38.5 Å². The highest BCUT2D eigenvalue weighted by atomic mass is 19.4. The summed E-state index contributed by atoms with van der Waals surface area (Å²) in [5, 5.41) is 0. The van der Waals surface area contributed by atoms with Crippen LogP contribution in [0.25, 0.3) is 0 Å². The number of ether oxygens (including phenoxy) is 1. The molecule has 0 fully saturated rings. The second-order valence-corrected chi connectivity index (χ2v) is 4.82. The van der Waals surface area contributed by atoms with Gasteiger partial charge in [-0.15, -0.1) is 13.2 Å². The highest BCUT2D eigenvalue weighted by molar-refractivity contribution is 5.36. The van der Waals surface area contributed by atoms with Crippen LogP contribution >= 0.6 is 0 Å². The Hall–Kier alpha value is -1.27. The largest absolute Gasteiger partial charge is 0.573 e. The van der Waals surface area contributed by atoms with E-state index in [0.717, 1.165) is 25.9 Å². The molecule has 0 saturated carbocycles. The fourth-order valence-corrected chi connectivity index (χ4v) is 2.34. The van der Waals surface area contributed by atoms with Crippen LogP contribution in [0.1, 0.15) is 38.3 Å². The van der Waals surface area contributed by atoms with E-state index >= 15 is 0 Å². The smallest absolute Gasteiger partial charge is 0.405 e. The summed E-state index contributed by atoms with van der Waals surface area (Å²) < 4.78 is 41.7. The van der Waals surface area contributed by atoms with E-state index < -0.39 is 6.36 Å². The van der Waals surface area contributed by atoms with Crippen molar-refractivity contribution in [2.75, 3.05) is 19.6 Å². The van der Waals surface area contributed by atoms with Crippen molar-refractivity contribution >= 4 is 0 Å². The van der Waals surface area contributed by atoms with Crippen LogP contribution in [0.3, 0.4) is 0 Å². The van der Waals surface area contributed by atoms with Gasteiger partial charge in [0.15, 0.2) is 0 Å². The summed E-state index contributed by atoms with van der Waals surface area (Å²) in [5.74, 6) is -0.171. The third kappa shape index (κ3) is 5.55. The maximum atomic E-state index is 12.5. The Morgan fingerprint density at radius 2 is 1.90 bits per heavy atom. The predicted molar refractivity (Wildman–Crippen MR) is 77.1 cm³/mol. The van der Waals surface area contributed by atoms with E-state index in [2.05, 4.69) is 16.6 Å². The number of hydrogen-bond acceptors (Lipinski definition) is 3. The van der Waals surface area contributed by atoms with Crippen molar-refractivity contribution < 1.29 is 17.9 Å². The van der Waals surface area contributed by atoms with Crippen molar-refractivity contribution in [1.82, 2.24) is 4.90 Å². The molecule has 1 atom stereocenters. The van der Waals surface area contributed by atoms with Gasteiger partial charge < -0.3 is 10.5 Å². The van der Waals surface area contributed by atoms with Crippen molar-refractivity contribution in [1.29, 1.82) is 0 Å². The van der Waals surface area contributed by atoms with Crippen molar-refractivity contribution in [3.05, 3.63) is 29.8 Å². The zero-order valence-corrected chi connectivity index (χ0v) is 12.5. The lowest BCUT2D eigenvalue weighted by molar-refractivity contribution is -0.275. The van der Waals surface area contributed by atoms with Gasteiger partial charge in [-0.2, -0.15) is 0 Å². The second-order valence-electron chi connectivity index (χ2n) is 4.82. The molecule has 0 heterocycles. The summed E-state index contributed by atoms with van der Waals surface area (Å²) >= 11 is 0. The Kier molecular flexibility index (Phi) is 6.98. The fourth-order valence-electron chi connectivity index (χ4n) is 2.34. The Morgan fingerprint density at radius 1 is 1.24 bits per heavy atom. The predicted octanol–water partition coefficient (Wildman–Crippen LogP) is 3.71. The molecule has 0 bridgehead atoms.